The van der Waals surface area contributed by atoms with Gasteiger partial charge in [0.1, 0.15) is 6.04 Å². The quantitative estimate of drug-likeness (QED) is 0.390. The molecule has 3 rings (SSSR count). The van der Waals surface area contributed by atoms with Crippen molar-refractivity contribution in [1.82, 2.24) is 10.2 Å². The lowest BCUT2D eigenvalue weighted by Gasteiger charge is -2.29. The van der Waals surface area contributed by atoms with Crippen LogP contribution in [0.25, 0.3) is 0 Å². The van der Waals surface area contributed by atoms with Crippen LogP contribution in [0.2, 0.25) is 0 Å². The summed E-state index contributed by atoms with van der Waals surface area (Å²) in [5, 5.41) is 10.9. The summed E-state index contributed by atoms with van der Waals surface area (Å²) in [6, 6.07) is 4.83. The number of aliphatic carboxylic acids is 1. The number of rotatable bonds is 8. The van der Waals surface area contributed by atoms with Gasteiger partial charge in [0.05, 0.1) is 0 Å². The molecule has 2 N–H and O–H groups in total. The standard InChI is InChI=1S/C23H26N2O5/c26-20-14-13-19(22(29)24-20)25-15-18-16(10-8-11-17(18)23(25)30)9-6-4-2-1-3-5-7-12-21(27)28/h8,10-11,19H,1-5,7,12-15H2,(H,27,28)(H,24,26,29). The number of benzene rings is 1. The van der Waals surface area contributed by atoms with Crippen LogP contribution in [0.15, 0.2) is 18.2 Å². The molecule has 0 radical (unpaired) electrons. The molecular weight excluding hydrogens is 384 g/mol. The lowest BCUT2D eigenvalue weighted by Crippen LogP contribution is -2.52. The van der Waals surface area contributed by atoms with Crippen LogP contribution in [-0.2, 0) is 20.9 Å². The maximum atomic E-state index is 12.8. The summed E-state index contributed by atoms with van der Waals surface area (Å²) in [7, 11) is 0. The summed E-state index contributed by atoms with van der Waals surface area (Å²) in [6.07, 6.45) is 6.17. The van der Waals surface area contributed by atoms with E-state index in [-0.39, 0.29) is 24.7 Å². The Morgan fingerprint density at radius 3 is 2.67 bits per heavy atom. The minimum atomic E-state index is -0.745. The molecule has 0 saturated carbocycles. The molecule has 158 valence electrons. The van der Waals surface area contributed by atoms with Crippen LogP contribution >= 0.6 is 0 Å². The normalized spacial score (nSPS) is 17.9. The van der Waals surface area contributed by atoms with E-state index in [1.165, 1.54) is 4.90 Å². The number of carboxylic acids is 1. The molecule has 30 heavy (non-hydrogen) atoms. The lowest BCUT2D eigenvalue weighted by atomic mass is 10.0. The second-order valence-electron chi connectivity index (χ2n) is 7.69. The van der Waals surface area contributed by atoms with Crippen LogP contribution in [-0.4, -0.2) is 39.7 Å². The van der Waals surface area contributed by atoms with E-state index in [2.05, 4.69) is 17.2 Å². The van der Waals surface area contributed by atoms with Gasteiger partial charge in [-0.2, -0.15) is 0 Å². The van der Waals surface area contributed by atoms with Crippen LogP contribution in [0.4, 0.5) is 0 Å². The number of piperidine rings is 1. The van der Waals surface area contributed by atoms with Crippen molar-refractivity contribution in [1.29, 1.82) is 0 Å². The SMILES string of the molecule is O=C(O)CCCCCCCC#Cc1cccc2c1CN(C1CCC(=O)NC1=O)C2=O. The first-order valence-electron chi connectivity index (χ1n) is 10.4. The van der Waals surface area contributed by atoms with Crippen LogP contribution in [0.3, 0.4) is 0 Å². The van der Waals surface area contributed by atoms with Gasteiger partial charge in [0.25, 0.3) is 5.91 Å². The van der Waals surface area contributed by atoms with Crippen molar-refractivity contribution in [3.05, 3.63) is 34.9 Å². The summed E-state index contributed by atoms with van der Waals surface area (Å²) in [5.41, 5.74) is 2.22. The van der Waals surface area contributed by atoms with Gasteiger partial charge >= 0.3 is 5.97 Å². The molecule has 7 heteroatoms. The number of nitrogens with zero attached hydrogens (tertiary/aromatic N) is 1. The minimum absolute atomic E-state index is 0.190. The van der Waals surface area contributed by atoms with Gasteiger partial charge in [0.2, 0.25) is 11.8 Å². The molecule has 2 aliphatic rings. The van der Waals surface area contributed by atoms with Gasteiger partial charge in [-0.1, -0.05) is 37.2 Å². The largest absolute Gasteiger partial charge is 0.481 e. The minimum Gasteiger partial charge on any atom is -0.481 e. The molecule has 2 aliphatic heterocycles. The summed E-state index contributed by atoms with van der Waals surface area (Å²) in [5.74, 6) is 4.68. The number of unbranched alkanes of at least 4 members (excludes halogenated alkanes) is 5. The predicted molar refractivity (Wildman–Crippen MR) is 109 cm³/mol. The van der Waals surface area contributed by atoms with Crippen LogP contribution in [0, 0.1) is 11.8 Å². The highest BCUT2D eigenvalue weighted by molar-refractivity contribution is 6.05. The van der Waals surface area contributed by atoms with Crippen molar-refractivity contribution >= 4 is 23.7 Å². The van der Waals surface area contributed by atoms with Crippen molar-refractivity contribution in [2.45, 2.75) is 70.4 Å². The second-order valence-corrected chi connectivity index (χ2v) is 7.69. The van der Waals surface area contributed by atoms with E-state index in [1.54, 1.807) is 12.1 Å². The van der Waals surface area contributed by atoms with Gasteiger partial charge in [-0.15, -0.1) is 0 Å². The van der Waals surface area contributed by atoms with Gasteiger partial charge in [0, 0.05) is 36.9 Å². The fraction of sp³-hybridized carbons (Fsp3) is 0.478. The first-order valence-corrected chi connectivity index (χ1v) is 10.4. The highest BCUT2D eigenvalue weighted by Gasteiger charge is 2.39. The van der Waals surface area contributed by atoms with Crippen molar-refractivity contribution in [3.63, 3.8) is 0 Å². The highest BCUT2D eigenvalue weighted by Crippen LogP contribution is 2.29. The number of hydrogen-bond donors (Lipinski definition) is 2. The smallest absolute Gasteiger partial charge is 0.303 e. The molecule has 1 atom stereocenters. The van der Waals surface area contributed by atoms with Crippen LogP contribution in [0.5, 0.6) is 0 Å². The van der Waals surface area contributed by atoms with Gasteiger partial charge in [-0.3, -0.25) is 24.5 Å². The van der Waals surface area contributed by atoms with E-state index < -0.39 is 17.9 Å². The molecule has 0 bridgehead atoms. The third-order valence-corrected chi connectivity index (χ3v) is 5.50. The van der Waals surface area contributed by atoms with E-state index >= 15 is 0 Å². The molecule has 2 heterocycles. The van der Waals surface area contributed by atoms with Gasteiger partial charge in [-0.25, -0.2) is 0 Å². The fourth-order valence-electron chi connectivity index (χ4n) is 3.88. The zero-order valence-corrected chi connectivity index (χ0v) is 16.9. The first kappa shape index (κ1) is 21.6. The summed E-state index contributed by atoms with van der Waals surface area (Å²) < 4.78 is 0. The maximum absolute atomic E-state index is 12.8. The maximum Gasteiger partial charge on any atom is 0.303 e. The van der Waals surface area contributed by atoms with E-state index in [0.29, 0.717) is 18.5 Å². The topological polar surface area (TPSA) is 104 Å². The van der Waals surface area contributed by atoms with Gasteiger partial charge in [-0.05, 0) is 37.0 Å². The molecule has 7 nitrogen and oxygen atoms in total. The first-order chi connectivity index (χ1) is 14.5. The molecule has 0 aliphatic carbocycles. The third-order valence-electron chi connectivity index (χ3n) is 5.50. The summed E-state index contributed by atoms with van der Waals surface area (Å²) in [4.78, 5) is 48.3. The molecule has 1 unspecified atom stereocenters. The van der Waals surface area contributed by atoms with E-state index in [4.69, 9.17) is 5.11 Å². The number of fused-ring (bicyclic) bond motifs is 1. The summed E-state index contributed by atoms with van der Waals surface area (Å²) >= 11 is 0. The van der Waals surface area contributed by atoms with Gasteiger partial charge in [0.15, 0.2) is 0 Å². The molecule has 1 fully saturated rings. The number of carboxylic acid groups (broad SMARTS) is 1. The Bertz CT molecular complexity index is 912. The van der Waals surface area contributed by atoms with Crippen LogP contribution in [0.1, 0.15) is 79.3 Å². The zero-order valence-electron chi connectivity index (χ0n) is 16.9. The van der Waals surface area contributed by atoms with Crippen molar-refractivity contribution < 1.29 is 24.3 Å². The Hall–Kier alpha value is -3.14. The molecule has 0 aromatic heterocycles. The number of amides is 3. The zero-order chi connectivity index (χ0) is 21.5. The second kappa shape index (κ2) is 10.1. The Morgan fingerprint density at radius 1 is 1.13 bits per heavy atom. The molecule has 1 saturated heterocycles. The van der Waals surface area contributed by atoms with E-state index in [9.17, 15) is 19.2 Å². The number of carbonyl (C=O) groups excluding carboxylic acids is 3. The van der Waals surface area contributed by atoms with Crippen molar-refractivity contribution in [2.24, 2.45) is 0 Å². The molecule has 1 aromatic carbocycles. The van der Waals surface area contributed by atoms with E-state index in [0.717, 1.165) is 49.7 Å². The lowest BCUT2D eigenvalue weighted by molar-refractivity contribution is -0.138. The van der Waals surface area contributed by atoms with Crippen molar-refractivity contribution in [2.75, 3.05) is 0 Å². The number of imide groups is 1. The Morgan fingerprint density at radius 2 is 1.90 bits per heavy atom. The molecular formula is C23H26N2O5. The van der Waals surface area contributed by atoms with Crippen LogP contribution < -0.4 is 5.32 Å². The van der Waals surface area contributed by atoms with E-state index in [1.807, 2.05) is 6.07 Å². The molecule has 3 amide bonds. The Balaban J connectivity index is 1.54. The van der Waals surface area contributed by atoms with Gasteiger partial charge < -0.3 is 10.0 Å². The Kier molecular flexibility index (Phi) is 7.23. The highest BCUT2D eigenvalue weighted by atomic mass is 16.4. The Labute approximate surface area is 175 Å². The average molecular weight is 410 g/mol. The van der Waals surface area contributed by atoms with Crippen molar-refractivity contribution in [3.8, 4) is 11.8 Å². The summed E-state index contributed by atoms with van der Waals surface area (Å²) in [6.45, 7) is 0.328. The fourth-order valence-corrected chi connectivity index (χ4v) is 3.88. The number of hydrogen-bond acceptors (Lipinski definition) is 4. The average Bonchev–Trinajstić information content (AvgIpc) is 3.04. The number of carbonyl (C=O) groups is 4. The molecule has 1 aromatic rings. The monoisotopic (exact) mass is 410 g/mol. The third kappa shape index (κ3) is 5.26. The number of nitrogens with one attached hydrogen (secondary N) is 1. The molecule has 0 spiro atoms. The predicted octanol–water partition coefficient (Wildman–Crippen LogP) is 2.61.